The van der Waals surface area contributed by atoms with Crippen molar-refractivity contribution in [3.63, 3.8) is 0 Å². The molecule has 18 heavy (non-hydrogen) atoms. The number of hydrogen-bond donors (Lipinski definition) is 1. The molecule has 0 aliphatic rings. The van der Waals surface area contributed by atoms with Crippen molar-refractivity contribution < 1.29 is 5.11 Å². The zero-order valence-electron chi connectivity index (χ0n) is 10.1. The van der Waals surface area contributed by atoms with Gasteiger partial charge in [-0.2, -0.15) is 0 Å². The van der Waals surface area contributed by atoms with Gasteiger partial charge >= 0.3 is 0 Å². The van der Waals surface area contributed by atoms with E-state index in [1.165, 1.54) is 10.8 Å². The van der Waals surface area contributed by atoms with E-state index >= 15 is 0 Å². The van der Waals surface area contributed by atoms with E-state index in [0.717, 1.165) is 21.9 Å². The van der Waals surface area contributed by atoms with Gasteiger partial charge in [-0.25, -0.2) is 0 Å². The molecule has 0 amide bonds. The van der Waals surface area contributed by atoms with E-state index in [2.05, 4.69) is 30.8 Å². The van der Waals surface area contributed by atoms with E-state index in [1.807, 2.05) is 30.3 Å². The van der Waals surface area contributed by atoms with E-state index in [-0.39, 0.29) is 6.61 Å². The fourth-order valence-corrected chi connectivity index (χ4v) is 2.58. The van der Waals surface area contributed by atoms with E-state index in [1.54, 1.807) is 0 Å². The largest absolute Gasteiger partial charge is 0.392 e. The van der Waals surface area contributed by atoms with Crippen molar-refractivity contribution in [2.75, 3.05) is 0 Å². The maximum Gasteiger partial charge on any atom is 0.0688 e. The highest BCUT2D eigenvalue weighted by Gasteiger charge is 2.08. The first-order chi connectivity index (χ1) is 8.85. The molecule has 0 bridgehead atoms. The molecule has 0 radical (unpaired) electrons. The van der Waals surface area contributed by atoms with Crippen LogP contribution in [0.25, 0.3) is 27.6 Å². The topological polar surface area (TPSA) is 20.2 Å². The molecule has 0 aromatic heterocycles. The molecule has 0 heterocycles. The summed E-state index contributed by atoms with van der Waals surface area (Å²) in [5, 5.41) is 14.1. The number of aliphatic hydroxyl groups excluding tert-OH is 1. The van der Waals surface area contributed by atoms with E-state index in [4.69, 9.17) is 0 Å². The summed E-state index contributed by atoms with van der Waals surface area (Å²) in [6, 6.07) is 16.5. The maximum atomic E-state index is 9.49. The summed E-state index contributed by atoms with van der Waals surface area (Å²) in [5.74, 6) is 0. The van der Waals surface area contributed by atoms with Crippen LogP contribution in [0.5, 0.6) is 0 Å². The average molecular weight is 234 g/mol. The fraction of sp³-hybridized carbons (Fsp3) is 0.0588. The van der Waals surface area contributed by atoms with Gasteiger partial charge in [0.2, 0.25) is 0 Å². The molecule has 0 aliphatic carbocycles. The van der Waals surface area contributed by atoms with Crippen LogP contribution in [-0.4, -0.2) is 5.11 Å². The second-order valence-corrected chi connectivity index (χ2v) is 4.39. The first-order valence-electron chi connectivity index (χ1n) is 6.02. The normalized spacial score (nSPS) is 10.9. The summed E-state index contributed by atoms with van der Waals surface area (Å²) in [4.78, 5) is 0. The summed E-state index contributed by atoms with van der Waals surface area (Å²) in [5.41, 5.74) is 2.06. The van der Waals surface area contributed by atoms with Crippen molar-refractivity contribution in [2.45, 2.75) is 6.61 Å². The Morgan fingerprint density at radius 2 is 1.78 bits per heavy atom. The van der Waals surface area contributed by atoms with Gasteiger partial charge in [-0.1, -0.05) is 55.1 Å². The minimum Gasteiger partial charge on any atom is -0.392 e. The minimum absolute atomic E-state index is 0.0521. The van der Waals surface area contributed by atoms with Gasteiger partial charge in [-0.3, -0.25) is 0 Å². The summed E-state index contributed by atoms with van der Waals surface area (Å²) < 4.78 is 0. The Balaban J connectivity index is 2.59. The van der Waals surface area contributed by atoms with Crippen LogP contribution in [0.1, 0.15) is 11.1 Å². The molecule has 0 fully saturated rings. The monoisotopic (exact) mass is 234 g/mol. The summed E-state index contributed by atoms with van der Waals surface area (Å²) >= 11 is 0. The molecule has 88 valence electrons. The predicted molar refractivity (Wildman–Crippen MR) is 77.5 cm³/mol. The van der Waals surface area contributed by atoms with Gasteiger partial charge in [0.15, 0.2) is 0 Å². The van der Waals surface area contributed by atoms with Crippen LogP contribution in [0.15, 0.2) is 55.1 Å². The molecular weight excluding hydrogens is 220 g/mol. The third kappa shape index (κ3) is 1.52. The van der Waals surface area contributed by atoms with Crippen molar-refractivity contribution >= 4 is 27.6 Å². The van der Waals surface area contributed by atoms with Crippen LogP contribution in [0.3, 0.4) is 0 Å². The molecule has 0 unspecified atom stereocenters. The van der Waals surface area contributed by atoms with Gasteiger partial charge in [0.05, 0.1) is 6.61 Å². The molecule has 0 atom stereocenters. The third-order valence-corrected chi connectivity index (χ3v) is 3.39. The van der Waals surface area contributed by atoms with Gasteiger partial charge < -0.3 is 5.11 Å². The molecule has 1 nitrogen and oxygen atoms in total. The third-order valence-electron chi connectivity index (χ3n) is 3.39. The quantitative estimate of drug-likeness (QED) is 0.661. The van der Waals surface area contributed by atoms with Crippen LogP contribution < -0.4 is 0 Å². The zero-order chi connectivity index (χ0) is 12.5. The molecule has 3 aromatic carbocycles. The van der Waals surface area contributed by atoms with Crippen molar-refractivity contribution in [3.05, 3.63) is 66.2 Å². The molecule has 3 aromatic rings. The van der Waals surface area contributed by atoms with E-state index < -0.39 is 0 Å². The SMILES string of the molecule is C=Cc1c2ccccc2cc2cccc(CO)c12. The van der Waals surface area contributed by atoms with Gasteiger partial charge in [0.25, 0.3) is 0 Å². The van der Waals surface area contributed by atoms with Crippen molar-refractivity contribution in [1.29, 1.82) is 0 Å². The van der Waals surface area contributed by atoms with Crippen molar-refractivity contribution in [1.82, 2.24) is 0 Å². The Morgan fingerprint density at radius 1 is 1.00 bits per heavy atom. The first kappa shape index (κ1) is 11.0. The standard InChI is InChI=1S/C17H14O/c1-2-15-16-9-4-3-6-12(16)10-13-7-5-8-14(11-18)17(13)15/h2-10,18H,1,11H2. The highest BCUT2D eigenvalue weighted by molar-refractivity contribution is 6.07. The molecule has 1 heteroatoms. The number of hydrogen-bond acceptors (Lipinski definition) is 1. The molecule has 0 aliphatic heterocycles. The minimum atomic E-state index is 0.0521. The number of rotatable bonds is 2. The van der Waals surface area contributed by atoms with Crippen LogP contribution >= 0.6 is 0 Å². The molecule has 1 N–H and O–H groups in total. The second-order valence-electron chi connectivity index (χ2n) is 4.39. The lowest BCUT2D eigenvalue weighted by molar-refractivity contribution is 0.283. The molecule has 3 rings (SSSR count). The lowest BCUT2D eigenvalue weighted by atomic mass is 9.94. The summed E-state index contributed by atoms with van der Waals surface area (Å²) in [6.07, 6.45) is 1.88. The fourth-order valence-electron chi connectivity index (χ4n) is 2.58. The second kappa shape index (κ2) is 4.28. The lowest BCUT2D eigenvalue weighted by Gasteiger charge is -2.11. The van der Waals surface area contributed by atoms with Crippen LogP contribution in [0.4, 0.5) is 0 Å². The van der Waals surface area contributed by atoms with Crippen LogP contribution in [0.2, 0.25) is 0 Å². The first-order valence-corrected chi connectivity index (χ1v) is 6.02. The molecular formula is C17H14O. The van der Waals surface area contributed by atoms with Crippen LogP contribution in [-0.2, 0) is 6.61 Å². The predicted octanol–water partition coefficient (Wildman–Crippen LogP) is 4.13. The summed E-state index contributed by atoms with van der Waals surface area (Å²) in [6.45, 7) is 3.98. The molecule has 0 saturated carbocycles. The van der Waals surface area contributed by atoms with E-state index in [9.17, 15) is 5.11 Å². The molecule has 0 spiro atoms. The number of aliphatic hydroxyl groups is 1. The Labute approximate surface area is 106 Å². The van der Waals surface area contributed by atoms with Gasteiger partial charge in [0, 0.05) is 0 Å². The summed E-state index contributed by atoms with van der Waals surface area (Å²) in [7, 11) is 0. The Hall–Kier alpha value is -2.12. The number of benzene rings is 3. The average Bonchev–Trinajstić information content (AvgIpc) is 2.44. The van der Waals surface area contributed by atoms with Crippen molar-refractivity contribution in [2.24, 2.45) is 0 Å². The Bertz CT molecular complexity index is 741. The Kier molecular flexibility index (Phi) is 2.62. The van der Waals surface area contributed by atoms with Crippen molar-refractivity contribution in [3.8, 4) is 0 Å². The lowest BCUT2D eigenvalue weighted by Crippen LogP contribution is -1.90. The van der Waals surface area contributed by atoms with E-state index in [0.29, 0.717) is 0 Å². The number of fused-ring (bicyclic) bond motifs is 2. The molecule has 0 saturated heterocycles. The van der Waals surface area contributed by atoms with Gasteiger partial charge in [0.1, 0.15) is 0 Å². The van der Waals surface area contributed by atoms with Gasteiger partial charge in [-0.05, 0) is 38.7 Å². The maximum absolute atomic E-state index is 9.49. The highest BCUT2D eigenvalue weighted by Crippen LogP contribution is 2.31. The Morgan fingerprint density at radius 3 is 2.56 bits per heavy atom. The zero-order valence-corrected chi connectivity index (χ0v) is 10.1. The highest BCUT2D eigenvalue weighted by atomic mass is 16.3. The smallest absolute Gasteiger partial charge is 0.0688 e. The van der Waals surface area contributed by atoms with Gasteiger partial charge in [-0.15, -0.1) is 0 Å². The van der Waals surface area contributed by atoms with Crippen LogP contribution in [0, 0.1) is 0 Å².